The molecule has 0 unspecified atom stereocenters. The normalized spacial score (nSPS) is 15.4. The third-order valence-corrected chi connectivity index (χ3v) is 6.97. The van der Waals surface area contributed by atoms with Crippen LogP contribution in [0, 0.1) is 0 Å². The first-order chi connectivity index (χ1) is 15.5. The third-order valence-electron chi connectivity index (χ3n) is 5.24. The highest BCUT2D eigenvalue weighted by atomic mass is 35.5. The summed E-state index contributed by atoms with van der Waals surface area (Å²) in [5, 5.41) is 12.9. The minimum absolute atomic E-state index is 0.0109. The first-order valence-corrected chi connectivity index (χ1v) is 11.8. The van der Waals surface area contributed by atoms with Crippen molar-refractivity contribution in [1.29, 1.82) is 0 Å². The van der Waals surface area contributed by atoms with Crippen LogP contribution in [0.2, 0.25) is 10.0 Å². The first-order valence-electron chi connectivity index (χ1n) is 10.1. The quantitative estimate of drug-likeness (QED) is 0.466. The summed E-state index contributed by atoms with van der Waals surface area (Å²) in [5.74, 6) is -1.99. The van der Waals surface area contributed by atoms with Crippen molar-refractivity contribution in [3.05, 3.63) is 63.1 Å². The first kappa shape index (κ1) is 25.7. The van der Waals surface area contributed by atoms with Crippen LogP contribution < -0.4 is 5.32 Å². The van der Waals surface area contributed by atoms with E-state index in [4.69, 9.17) is 28.3 Å². The molecule has 2 aromatic carbocycles. The van der Waals surface area contributed by atoms with Crippen molar-refractivity contribution in [3.63, 3.8) is 0 Å². The Labute approximate surface area is 203 Å². The molecule has 2 N–H and O–H groups in total. The molecule has 0 aromatic heterocycles. The maximum atomic E-state index is 13.1. The van der Waals surface area contributed by atoms with E-state index in [2.05, 4.69) is 10.2 Å². The van der Waals surface area contributed by atoms with Gasteiger partial charge in [0.05, 0.1) is 26.9 Å². The summed E-state index contributed by atoms with van der Waals surface area (Å²) in [7, 11) is 0. The number of halogens is 5. The minimum Gasteiger partial charge on any atom is -0.478 e. The van der Waals surface area contributed by atoms with Crippen LogP contribution >= 0.6 is 35.0 Å². The number of likely N-dealkylation sites (tertiary alicyclic amines) is 1. The largest absolute Gasteiger partial charge is 0.478 e. The number of aromatic carboxylic acids is 1. The van der Waals surface area contributed by atoms with Gasteiger partial charge in [0, 0.05) is 30.6 Å². The monoisotopic (exact) mass is 520 g/mol. The maximum absolute atomic E-state index is 13.1. The number of carboxylic acids is 1. The van der Waals surface area contributed by atoms with Crippen LogP contribution in [0.3, 0.4) is 0 Å². The molecule has 3 rings (SSSR count). The fraction of sp³-hybridized carbons (Fsp3) is 0.364. The smallest absolute Gasteiger partial charge is 0.417 e. The number of carbonyl (C=O) groups is 2. The van der Waals surface area contributed by atoms with E-state index in [1.807, 2.05) is 12.1 Å². The van der Waals surface area contributed by atoms with Crippen molar-refractivity contribution in [2.24, 2.45) is 0 Å². The van der Waals surface area contributed by atoms with E-state index >= 15 is 0 Å². The Hall–Kier alpha value is -1.94. The number of benzene rings is 2. The molecule has 2 aromatic rings. The van der Waals surface area contributed by atoms with Crippen LogP contribution in [0.4, 0.5) is 13.2 Å². The van der Waals surface area contributed by atoms with Gasteiger partial charge in [0.25, 0.3) is 0 Å². The standard InChI is InChI=1S/C22H21Cl2F3N2O3S/c23-18-4-1-13(9-19(18)24)11-29-7-5-14(6-8-29)28-20(30)12-33-15-2-3-16(21(31)32)17(10-15)22(25,26)27/h1-4,9-10,14H,5-8,11-12H2,(H,28,30)(H,31,32). The van der Waals surface area contributed by atoms with Gasteiger partial charge in [0.1, 0.15) is 0 Å². The predicted molar refractivity (Wildman–Crippen MR) is 122 cm³/mol. The molecular weight excluding hydrogens is 500 g/mol. The van der Waals surface area contributed by atoms with E-state index in [9.17, 15) is 22.8 Å². The molecule has 1 fully saturated rings. The number of carboxylic acid groups (broad SMARTS) is 1. The van der Waals surface area contributed by atoms with E-state index in [1.54, 1.807) is 6.07 Å². The Morgan fingerprint density at radius 1 is 1.09 bits per heavy atom. The number of piperidine rings is 1. The van der Waals surface area contributed by atoms with Gasteiger partial charge in [-0.15, -0.1) is 11.8 Å². The number of hydrogen-bond donors (Lipinski definition) is 2. The van der Waals surface area contributed by atoms with Crippen molar-refractivity contribution in [2.45, 2.75) is 36.5 Å². The van der Waals surface area contributed by atoms with Gasteiger partial charge in [-0.25, -0.2) is 4.79 Å². The lowest BCUT2D eigenvalue weighted by Crippen LogP contribution is -2.44. The van der Waals surface area contributed by atoms with Crippen LogP contribution in [0.5, 0.6) is 0 Å². The summed E-state index contributed by atoms with van der Waals surface area (Å²) >= 11 is 12.9. The van der Waals surface area contributed by atoms with Gasteiger partial charge >= 0.3 is 12.1 Å². The molecule has 1 heterocycles. The molecule has 1 aliphatic heterocycles. The van der Waals surface area contributed by atoms with Gasteiger partial charge in [-0.05, 0) is 48.7 Å². The van der Waals surface area contributed by atoms with E-state index < -0.39 is 23.3 Å². The number of rotatable bonds is 7. The van der Waals surface area contributed by atoms with Gasteiger partial charge in [0.15, 0.2) is 0 Å². The second kappa shape index (κ2) is 11.0. The van der Waals surface area contributed by atoms with Crippen molar-refractivity contribution < 1.29 is 27.9 Å². The van der Waals surface area contributed by atoms with Crippen LogP contribution in [-0.4, -0.2) is 46.8 Å². The van der Waals surface area contributed by atoms with Crippen LogP contribution in [-0.2, 0) is 17.5 Å². The van der Waals surface area contributed by atoms with Gasteiger partial charge in [-0.3, -0.25) is 9.69 Å². The van der Waals surface area contributed by atoms with Gasteiger partial charge < -0.3 is 10.4 Å². The number of amides is 1. The second-order valence-corrected chi connectivity index (χ2v) is 9.53. The molecule has 0 saturated carbocycles. The predicted octanol–water partition coefficient (Wildman–Crippen LogP) is 5.58. The number of thioether (sulfide) groups is 1. The molecule has 1 amide bonds. The van der Waals surface area contributed by atoms with Gasteiger partial charge in [0.2, 0.25) is 5.91 Å². The average molecular weight is 521 g/mol. The van der Waals surface area contributed by atoms with Crippen LogP contribution in [0.1, 0.15) is 34.3 Å². The Morgan fingerprint density at radius 2 is 1.79 bits per heavy atom. The van der Waals surface area contributed by atoms with Crippen molar-refractivity contribution in [3.8, 4) is 0 Å². The molecule has 178 valence electrons. The Kier molecular flexibility index (Phi) is 8.55. The lowest BCUT2D eigenvalue weighted by molar-refractivity contribution is -0.138. The summed E-state index contributed by atoms with van der Waals surface area (Å²) in [5.41, 5.74) is -0.992. The molecule has 0 atom stereocenters. The van der Waals surface area contributed by atoms with E-state index in [-0.39, 0.29) is 22.6 Å². The molecule has 11 heteroatoms. The fourth-order valence-corrected chi connectivity index (χ4v) is 4.65. The molecule has 33 heavy (non-hydrogen) atoms. The summed E-state index contributed by atoms with van der Waals surface area (Å²) < 4.78 is 39.4. The number of hydrogen-bond acceptors (Lipinski definition) is 4. The molecule has 0 spiro atoms. The van der Waals surface area contributed by atoms with E-state index in [0.29, 0.717) is 10.0 Å². The number of alkyl halides is 3. The summed E-state index contributed by atoms with van der Waals surface area (Å²) in [6, 6.07) is 8.46. The summed E-state index contributed by atoms with van der Waals surface area (Å²) in [4.78, 5) is 25.8. The molecule has 1 saturated heterocycles. The molecular formula is C22H21Cl2F3N2O3S. The highest BCUT2D eigenvalue weighted by molar-refractivity contribution is 8.00. The Balaban J connectivity index is 1.47. The summed E-state index contributed by atoms with van der Waals surface area (Å²) in [6.45, 7) is 2.29. The number of carbonyl (C=O) groups excluding carboxylic acids is 1. The lowest BCUT2D eigenvalue weighted by atomic mass is 10.0. The third kappa shape index (κ3) is 7.27. The molecule has 5 nitrogen and oxygen atoms in total. The number of nitrogens with one attached hydrogen (secondary N) is 1. The zero-order valence-electron chi connectivity index (χ0n) is 17.3. The van der Waals surface area contributed by atoms with Crippen molar-refractivity contribution >= 4 is 46.8 Å². The topological polar surface area (TPSA) is 69.6 Å². The zero-order chi connectivity index (χ0) is 24.2. The Morgan fingerprint density at radius 3 is 2.39 bits per heavy atom. The fourth-order valence-electron chi connectivity index (χ4n) is 3.58. The van der Waals surface area contributed by atoms with Crippen LogP contribution in [0.25, 0.3) is 0 Å². The molecule has 0 aliphatic carbocycles. The van der Waals surface area contributed by atoms with Crippen molar-refractivity contribution in [2.75, 3.05) is 18.8 Å². The molecule has 0 bridgehead atoms. The Bertz CT molecular complexity index is 1030. The second-order valence-electron chi connectivity index (χ2n) is 7.67. The SMILES string of the molecule is O=C(CSc1ccc(C(=O)O)c(C(F)(F)F)c1)NC1CCN(Cc2ccc(Cl)c(Cl)c2)CC1. The number of nitrogens with zero attached hydrogens (tertiary/aromatic N) is 1. The minimum atomic E-state index is -4.79. The highest BCUT2D eigenvalue weighted by Gasteiger charge is 2.35. The zero-order valence-corrected chi connectivity index (χ0v) is 19.6. The molecule has 0 radical (unpaired) electrons. The van der Waals surface area contributed by atoms with E-state index in [1.165, 1.54) is 6.07 Å². The maximum Gasteiger partial charge on any atom is 0.417 e. The summed E-state index contributed by atoms with van der Waals surface area (Å²) in [6.07, 6.45) is -3.29. The van der Waals surface area contributed by atoms with Gasteiger partial charge in [-0.2, -0.15) is 13.2 Å². The highest BCUT2D eigenvalue weighted by Crippen LogP contribution is 2.35. The van der Waals surface area contributed by atoms with Gasteiger partial charge in [-0.1, -0.05) is 29.3 Å². The van der Waals surface area contributed by atoms with E-state index in [0.717, 1.165) is 61.9 Å². The van der Waals surface area contributed by atoms with Crippen molar-refractivity contribution in [1.82, 2.24) is 10.2 Å². The average Bonchev–Trinajstić information content (AvgIpc) is 2.75. The van der Waals surface area contributed by atoms with Crippen LogP contribution in [0.15, 0.2) is 41.3 Å². The molecule has 1 aliphatic rings. The lowest BCUT2D eigenvalue weighted by Gasteiger charge is -2.32.